The third kappa shape index (κ3) is 2.83. The minimum atomic E-state index is -0.935. The molecule has 1 aliphatic rings. The third-order valence-corrected chi connectivity index (χ3v) is 4.30. The van der Waals surface area contributed by atoms with Gasteiger partial charge in [0.1, 0.15) is 6.04 Å². The van der Waals surface area contributed by atoms with Crippen LogP contribution in [0, 0.1) is 0 Å². The minimum Gasteiger partial charge on any atom is -0.467 e. The van der Waals surface area contributed by atoms with Crippen molar-refractivity contribution in [3.8, 4) is 0 Å². The normalized spacial score (nSPS) is 15.0. The average molecular weight is 344 g/mol. The molecule has 1 aliphatic heterocycles. The van der Waals surface area contributed by atoms with Crippen LogP contribution in [-0.2, 0) is 9.53 Å². The molecule has 0 aromatic heterocycles. The molecule has 0 bridgehead atoms. The van der Waals surface area contributed by atoms with E-state index in [-0.39, 0.29) is 21.2 Å². The molecule has 5 nitrogen and oxygen atoms in total. The van der Waals surface area contributed by atoms with Crippen LogP contribution in [-0.4, -0.2) is 35.8 Å². The molecule has 2 rings (SSSR count). The van der Waals surface area contributed by atoms with E-state index in [1.807, 2.05) is 6.92 Å². The minimum absolute atomic E-state index is 0.157. The van der Waals surface area contributed by atoms with Gasteiger partial charge in [-0.2, -0.15) is 0 Å². The maximum Gasteiger partial charge on any atom is 0.329 e. The number of rotatable bonds is 5. The Bertz CT molecular complexity index is 604. The molecule has 118 valence electrons. The van der Waals surface area contributed by atoms with E-state index in [1.54, 1.807) is 0 Å². The van der Waals surface area contributed by atoms with Gasteiger partial charge in [0.25, 0.3) is 11.8 Å². The predicted octanol–water partition coefficient (Wildman–Crippen LogP) is 3.32. The van der Waals surface area contributed by atoms with Crippen LogP contribution >= 0.6 is 23.2 Å². The SMILES string of the molecule is CCCCC(C(=O)OC)N1C(=O)c2cc(Cl)c(Cl)cc2C1=O. The summed E-state index contributed by atoms with van der Waals surface area (Å²) in [5.74, 6) is -1.71. The smallest absolute Gasteiger partial charge is 0.329 e. The number of halogens is 2. The number of esters is 1. The highest BCUT2D eigenvalue weighted by molar-refractivity contribution is 6.43. The lowest BCUT2D eigenvalue weighted by molar-refractivity contribution is -0.145. The van der Waals surface area contributed by atoms with E-state index in [0.717, 1.165) is 11.3 Å². The number of methoxy groups -OCH3 is 1. The Labute approximate surface area is 138 Å². The quantitative estimate of drug-likeness (QED) is 0.607. The van der Waals surface area contributed by atoms with Gasteiger partial charge in [0.15, 0.2) is 0 Å². The van der Waals surface area contributed by atoms with Gasteiger partial charge in [-0.05, 0) is 18.6 Å². The van der Waals surface area contributed by atoms with Gasteiger partial charge in [0, 0.05) is 0 Å². The summed E-state index contributed by atoms with van der Waals surface area (Å²) in [4.78, 5) is 37.9. The van der Waals surface area contributed by atoms with Crippen LogP contribution in [0.2, 0.25) is 10.0 Å². The van der Waals surface area contributed by atoms with E-state index in [4.69, 9.17) is 27.9 Å². The molecule has 1 heterocycles. The number of imide groups is 1. The van der Waals surface area contributed by atoms with Crippen molar-refractivity contribution in [1.82, 2.24) is 4.90 Å². The first-order valence-electron chi connectivity index (χ1n) is 6.87. The molecule has 0 spiro atoms. The second-order valence-electron chi connectivity index (χ2n) is 4.97. The molecule has 0 saturated carbocycles. The fourth-order valence-electron chi connectivity index (χ4n) is 2.42. The Kier molecular flexibility index (Phi) is 5.08. The third-order valence-electron chi connectivity index (χ3n) is 3.57. The number of carbonyl (C=O) groups excluding carboxylic acids is 3. The fraction of sp³-hybridized carbons (Fsp3) is 0.400. The number of amides is 2. The van der Waals surface area contributed by atoms with Crippen molar-refractivity contribution in [2.75, 3.05) is 7.11 Å². The van der Waals surface area contributed by atoms with Gasteiger partial charge in [0.2, 0.25) is 0 Å². The molecule has 0 fully saturated rings. The Morgan fingerprint density at radius 3 is 2.09 bits per heavy atom. The number of hydrogen-bond acceptors (Lipinski definition) is 4. The van der Waals surface area contributed by atoms with Crippen molar-refractivity contribution in [2.45, 2.75) is 32.2 Å². The molecule has 1 atom stereocenters. The topological polar surface area (TPSA) is 63.7 Å². The van der Waals surface area contributed by atoms with Gasteiger partial charge in [-0.3, -0.25) is 14.5 Å². The van der Waals surface area contributed by atoms with Crippen molar-refractivity contribution in [1.29, 1.82) is 0 Å². The lowest BCUT2D eigenvalue weighted by Gasteiger charge is -2.23. The van der Waals surface area contributed by atoms with E-state index >= 15 is 0 Å². The maximum absolute atomic E-state index is 12.5. The van der Waals surface area contributed by atoms with E-state index in [2.05, 4.69) is 0 Å². The van der Waals surface area contributed by atoms with Gasteiger partial charge in [-0.15, -0.1) is 0 Å². The summed E-state index contributed by atoms with van der Waals surface area (Å²) in [6.45, 7) is 1.95. The highest BCUT2D eigenvalue weighted by atomic mass is 35.5. The van der Waals surface area contributed by atoms with Crippen LogP contribution in [0.1, 0.15) is 46.9 Å². The Hall–Kier alpha value is -1.59. The number of hydrogen-bond donors (Lipinski definition) is 0. The summed E-state index contributed by atoms with van der Waals surface area (Å²) in [6.07, 6.45) is 1.87. The van der Waals surface area contributed by atoms with Crippen LogP contribution in [0.15, 0.2) is 12.1 Å². The van der Waals surface area contributed by atoms with Crippen molar-refractivity contribution >= 4 is 41.0 Å². The highest BCUT2D eigenvalue weighted by Gasteiger charge is 2.43. The standard InChI is InChI=1S/C15H15Cl2NO4/c1-3-4-5-12(15(21)22-2)18-13(19)8-6-10(16)11(17)7-9(8)14(18)20/h6-7,12H,3-5H2,1-2H3. The van der Waals surface area contributed by atoms with Crippen molar-refractivity contribution in [2.24, 2.45) is 0 Å². The van der Waals surface area contributed by atoms with Crippen LogP contribution in [0.3, 0.4) is 0 Å². The molecule has 2 amide bonds. The average Bonchev–Trinajstić information content (AvgIpc) is 2.72. The summed E-state index contributed by atoms with van der Waals surface area (Å²) >= 11 is 11.8. The number of fused-ring (bicyclic) bond motifs is 1. The largest absolute Gasteiger partial charge is 0.467 e. The number of benzene rings is 1. The number of carbonyl (C=O) groups is 3. The molecule has 1 aromatic carbocycles. The second-order valence-corrected chi connectivity index (χ2v) is 5.79. The van der Waals surface area contributed by atoms with Gasteiger partial charge in [-0.1, -0.05) is 43.0 Å². The summed E-state index contributed by atoms with van der Waals surface area (Å²) in [6, 6.07) is 1.77. The molecule has 1 unspecified atom stereocenters. The van der Waals surface area contributed by atoms with Crippen molar-refractivity contribution < 1.29 is 19.1 Å². The van der Waals surface area contributed by atoms with Gasteiger partial charge < -0.3 is 4.74 Å². The monoisotopic (exact) mass is 343 g/mol. The van der Waals surface area contributed by atoms with Crippen molar-refractivity contribution in [3.05, 3.63) is 33.3 Å². The van der Waals surface area contributed by atoms with Gasteiger partial charge in [0.05, 0.1) is 28.3 Å². The summed E-state index contributed by atoms with van der Waals surface area (Å²) in [5, 5.41) is 0.373. The first-order chi connectivity index (χ1) is 10.4. The molecule has 0 saturated heterocycles. The van der Waals surface area contributed by atoms with Crippen LogP contribution in [0.4, 0.5) is 0 Å². The first-order valence-corrected chi connectivity index (χ1v) is 7.62. The van der Waals surface area contributed by atoms with Crippen molar-refractivity contribution in [3.63, 3.8) is 0 Å². The Balaban J connectivity index is 2.42. The van der Waals surface area contributed by atoms with Gasteiger partial charge in [-0.25, -0.2) is 4.79 Å². The molecule has 22 heavy (non-hydrogen) atoms. The lowest BCUT2D eigenvalue weighted by Crippen LogP contribution is -2.45. The van der Waals surface area contributed by atoms with E-state index in [0.29, 0.717) is 12.8 Å². The number of unbranched alkanes of at least 4 members (excludes halogenated alkanes) is 1. The molecular formula is C15H15Cl2NO4. The molecule has 1 aromatic rings. The van der Waals surface area contributed by atoms with E-state index < -0.39 is 23.8 Å². The first kappa shape index (κ1) is 16.8. The summed E-state index contributed by atoms with van der Waals surface area (Å²) in [7, 11) is 1.23. The Morgan fingerprint density at radius 1 is 1.18 bits per heavy atom. The second kappa shape index (κ2) is 6.67. The van der Waals surface area contributed by atoms with Gasteiger partial charge >= 0.3 is 5.97 Å². The van der Waals surface area contributed by atoms with Crippen LogP contribution in [0.25, 0.3) is 0 Å². The molecule has 0 radical (unpaired) electrons. The Morgan fingerprint density at radius 2 is 1.68 bits per heavy atom. The zero-order valence-corrected chi connectivity index (χ0v) is 13.7. The lowest BCUT2D eigenvalue weighted by atomic mass is 10.1. The summed E-state index contributed by atoms with van der Waals surface area (Å²) in [5.41, 5.74) is 0.314. The fourth-order valence-corrected chi connectivity index (χ4v) is 2.75. The molecular weight excluding hydrogens is 329 g/mol. The molecule has 7 heteroatoms. The number of nitrogens with zero attached hydrogens (tertiary/aromatic N) is 1. The maximum atomic E-state index is 12.5. The summed E-state index contributed by atoms with van der Waals surface area (Å²) < 4.78 is 4.73. The highest BCUT2D eigenvalue weighted by Crippen LogP contribution is 2.33. The van der Waals surface area contributed by atoms with E-state index in [1.165, 1.54) is 19.2 Å². The number of ether oxygens (including phenoxy) is 1. The van der Waals surface area contributed by atoms with E-state index in [9.17, 15) is 14.4 Å². The van der Waals surface area contributed by atoms with Crippen LogP contribution < -0.4 is 0 Å². The molecule has 0 N–H and O–H groups in total. The zero-order chi connectivity index (χ0) is 16.4. The van der Waals surface area contributed by atoms with Crippen LogP contribution in [0.5, 0.6) is 0 Å². The zero-order valence-electron chi connectivity index (χ0n) is 12.2. The molecule has 0 aliphatic carbocycles. The predicted molar refractivity (Wildman–Crippen MR) is 82.3 cm³/mol.